The summed E-state index contributed by atoms with van der Waals surface area (Å²) in [5.74, 6) is -0.563. The molecule has 0 unspecified atom stereocenters. The van der Waals surface area contributed by atoms with Crippen molar-refractivity contribution >= 4 is 40.5 Å². The molecule has 0 radical (unpaired) electrons. The Kier molecular flexibility index (Phi) is 5.69. The van der Waals surface area contributed by atoms with Crippen molar-refractivity contribution in [3.8, 4) is 10.6 Å². The van der Waals surface area contributed by atoms with Gasteiger partial charge in [-0.3, -0.25) is 14.5 Å². The maximum atomic E-state index is 12.7. The Hall–Kier alpha value is -2.26. The molecule has 29 heavy (non-hydrogen) atoms. The highest BCUT2D eigenvalue weighted by atomic mass is 32.1. The van der Waals surface area contributed by atoms with Crippen LogP contribution in [0.15, 0.2) is 17.5 Å². The van der Waals surface area contributed by atoms with E-state index in [-0.39, 0.29) is 18.4 Å². The van der Waals surface area contributed by atoms with Crippen LogP contribution in [0.25, 0.3) is 10.6 Å². The number of carbonyl (C=O) groups excluding carboxylic acids is 3. The van der Waals surface area contributed by atoms with E-state index in [1.807, 2.05) is 24.4 Å². The van der Waals surface area contributed by atoms with Gasteiger partial charge in [0.2, 0.25) is 5.91 Å². The third kappa shape index (κ3) is 4.20. The Labute approximate surface area is 177 Å². The number of urea groups is 1. The molecule has 2 N–H and O–H groups in total. The number of carbonyl (C=O) groups is 3. The molecule has 2 aliphatic rings. The summed E-state index contributed by atoms with van der Waals surface area (Å²) in [6.07, 6.45) is 4.95. The number of hydrogen-bond acceptors (Lipinski definition) is 6. The number of nitrogens with zero attached hydrogens (tertiary/aromatic N) is 2. The van der Waals surface area contributed by atoms with Crippen molar-refractivity contribution in [1.82, 2.24) is 20.5 Å². The van der Waals surface area contributed by atoms with E-state index >= 15 is 0 Å². The molecule has 154 valence electrons. The quantitative estimate of drug-likeness (QED) is 0.686. The largest absolute Gasteiger partial charge is 0.354 e. The van der Waals surface area contributed by atoms with Crippen LogP contribution in [0, 0.1) is 6.92 Å². The van der Waals surface area contributed by atoms with E-state index in [1.54, 1.807) is 22.7 Å². The van der Waals surface area contributed by atoms with Gasteiger partial charge in [-0.1, -0.05) is 19.3 Å². The minimum atomic E-state index is -0.781. The Bertz CT molecular complexity index is 930. The van der Waals surface area contributed by atoms with Gasteiger partial charge in [-0.05, 0) is 38.3 Å². The molecule has 1 aliphatic carbocycles. The number of rotatable bonds is 6. The number of thiophene rings is 1. The number of aromatic nitrogens is 1. The van der Waals surface area contributed by atoms with Crippen molar-refractivity contribution in [1.29, 1.82) is 0 Å². The third-order valence-electron chi connectivity index (χ3n) is 5.48. The van der Waals surface area contributed by atoms with Crippen molar-refractivity contribution in [3.05, 3.63) is 27.4 Å². The summed E-state index contributed by atoms with van der Waals surface area (Å²) in [6, 6.07) is 3.65. The Morgan fingerprint density at radius 1 is 1.28 bits per heavy atom. The number of hydrogen-bond donors (Lipinski definition) is 2. The van der Waals surface area contributed by atoms with Crippen LogP contribution in [0.1, 0.15) is 42.0 Å². The van der Waals surface area contributed by atoms with Crippen LogP contribution in [-0.4, -0.2) is 46.4 Å². The molecule has 0 bridgehead atoms. The number of nitrogens with one attached hydrogen (secondary N) is 2. The molecule has 1 spiro atoms. The minimum Gasteiger partial charge on any atom is -0.354 e. The molecule has 1 aliphatic heterocycles. The van der Waals surface area contributed by atoms with Gasteiger partial charge in [-0.25, -0.2) is 9.78 Å². The average molecular weight is 433 g/mol. The minimum absolute atomic E-state index is 0.222. The summed E-state index contributed by atoms with van der Waals surface area (Å²) in [5.41, 5.74) is 0.208. The van der Waals surface area contributed by atoms with Gasteiger partial charge in [0.15, 0.2) is 0 Å². The standard InChI is InChI=1S/C20H24N4O3S2/c1-13-22-15(12-28-13)16-6-5-14(29-16)7-10-21-17(25)11-24-18(26)20(23-19(24)27)8-3-2-4-9-20/h5-6,12H,2-4,7-11H2,1H3,(H,21,25)(H,23,27). The second-order valence-electron chi connectivity index (χ2n) is 7.58. The summed E-state index contributed by atoms with van der Waals surface area (Å²) >= 11 is 3.29. The van der Waals surface area contributed by atoms with Gasteiger partial charge in [0.05, 0.1) is 15.6 Å². The average Bonchev–Trinajstić information content (AvgIpc) is 3.39. The maximum absolute atomic E-state index is 12.7. The third-order valence-corrected chi connectivity index (χ3v) is 7.42. The topological polar surface area (TPSA) is 91.4 Å². The van der Waals surface area contributed by atoms with Gasteiger partial charge < -0.3 is 10.6 Å². The summed E-state index contributed by atoms with van der Waals surface area (Å²) in [4.78, 5) is 45.1. The first-order chi connectivity index (χ1) is 14.0. The van der Waals surface area contributed by atoms with Crippen LogP contribution in [0.2, 0.25) is 0 Å². The predicted octanol–water partition coefficient (Wildman–Crippen LogP) is 3.09. The number of amides is 4. The molecule has 2 fully saturated rings. The molecule has 7 nitrogen and oxygen atoms in total. The van der Waals surface area contributed by atoms with E-state index in [1.165, 1.54) is 0 Å². The molecular formula is C20H24N4O3S2. The first-order valence-electron chi connectivity index (χ1n) is 9.89. The lowest BCUT2D eigenvalue weighted by molar-refractivity contribution is -0.135. The molecule has 1 saturated heterocycles. The summed E-state index contributed by atoms with van der Waals surface area (Å²) in [7, 11) is 0. The second kappa shape index (κ2) is 8.23. The smallest absolute Gasteiger partial charge is 0.325 e. The van der Waals surface area contributed by atoms with Gasteiger partial charge in [-0.15, -0.1) is 22.7 Å². The number of imide groups is 1. The fourth-order valence-corrected chi connectivity index (χ4v) is 5.62. The van der Waals surface area contributed by atoms with E-state index in [0.29, 0.717) is 25.8 Å². The highest BCUT2D eigenvalue weighted by Gasteiger charge is 2.51. The highest BCUT2D eigenvalue weighted by Crippen LogP contribution is 2.33. The molecule has 0 aromatic carbocycles. The Morgan fingerprint density at radius 3 is 2.79 bits per heavy atom. The SMILES string of the molecule is Cc1nc(-c2ccc(CCNC(=O)CN3C(=O)NC4(CCCCC4)C3=O)s2)cs1. The maximum Gasteiger partial charge on any atom is 0.325 e. The monoisotopic (exact) mass is 432 g/mol. The summed E-state index contributed by atoms with van der Waals surface area (Å²) in [6.45, 7) is 2.23. The molecular weight excluding hydrogens is 408 g/mol. The number of aryl methyl sites for hydroxylation is 1. The molecule has 2 aromatic rings. The summed E-state index contributed by atoms with van der Waals surface area (Å²) in [5, 5.41) is 8.74. The van der Waals surface area contributed by atoms with Crippen LogP contribution < -0.4 is 10.6 Å². The van der Waals surface area contributed by atoms with Crippen molar-refractivity contribution in [2.24, 2.45) is 0 Å². The van der Waals surface area contributed by atoms with Crippen LogP contribution in [0.4, 0.5) is 4.79 Å². The van der Waals surface area contributed by atoms with E-state index in [9.17, 15) is 14.4 Å². The zero-order valence-corrected chi connectivity index (χ0v) is 18.0. The normalized spacial score (nSPS) is 18.3. The fourth-order valence-electron chi connectivity index (χ4n) is 3.97. The van der Waals surface area contributed by atoms with Gasteiger partial charge in [-0.2, -0.15) is 0 Å². The van der Waals surface area contributed by atoms with Crippen LogP contribution >= 0.6 is 22.7 Å². The van der Waals surface area contributed by atoms with Crippen LogP contribution in [0.3, 0.4) is 0 Å². The Morgan fingerprint density at radius 2 is 2.07 bits per heavy atom. The molecule has 0 atom stereocenters. The van der Waals surface area contributed by atoms with Crippen LogP contribution in [0.5, 0.6) is 0 Å². The second-order valence-corrected chi connectivity index (χ2v) is 9.81. The van der Waals surface area contributed by atoms with Gasteiger partial charge in [0.1, 0.15) is 12.1 Å². The zero-order valence-electron chi connectivity index (χ0n) is 16.3. The van der Waals surface area contributed by atoms with Gasteiger partial charge in [0.25, 0.3) is 5.91 Å². The predicted molar refractivity (Wildman–Crippen MR) is 113 cm³/mol. The molecule has 1 saturated carbocycles. The van der Waals surface area contributed by atoms with Gasteiger partial charge in [0, 0.05) is 16.8 Å². The summed E-state index contributed by atoms with van der Waals surface area (Å²) < 4.78 is 0. The van der Waals surface area contributed by atoms with E-state index in [2.05, 4.69) is 15.6 Å². The number of thiazole rings is 1. The zero-order chi connectivity index (χ0) is 20.4. The molecule has 4 amide bonds. The lowest BCUT2D eigenvalue weighted by Gasteiger charge is -2.30. The van der Waals surface area contributed by atoms with E-state index in [0.717, 1.165) is 44.6 Å². The van der Waals surface area contributed by atoms with E-state index < -0.39 is 11.6 Å². The van der Waals surface area contributed by atoms with Crippen molar-refractivity contribution < 1.29 is 14.4 Å². The van der Waals surface area contributed by atoms with Crippen molar-refractivity contribution in [3.63, 3.8) is 0 Å². The molecule has 3 heterocycles. The highest BCUT2D eigenvalue weighted by molar-refractivity contribution is 7.16. The molecule has 2 aromatic heterocycles. The fraction of sp³-hybridized carbons (Fsp3) is 0.500. The van der Waals surface area contributed by atoms with Crippen LogP contribution in [-0.2, 0) is 16.0 Å². The van der Waals surface area contributed by atoms with E-state index in [4.69, 9.17) is 0 Å². The Balaban J connectivity index is 1.27. The van der Waals surface area contributed by atoms with Crippen molar-refractivity contribution in [2.45, 2.75) is 51.0 Å². The van der Waals surface area contributed by atoms with Gasteiger partial charge >= 0.3 is 6.03 Å². The first-order valence-corrected chi connectivity index (χ1v) is 11.6. The molecule has 4 rings (SSSR count). The van der Waals surface area contributed by atoms with Crippen molar-refractivity contribution in [2.75, 3.05) is 13.1 Å². The lowest BCUT2D eigenvalue weighted by Crippen LogP contribution is -2.49. The molecule has 9 heteroatoms. The first kappa shape index (κ1) is 20.0. The lowest BCUT2D eigenvalue weighted by atomic mass is 9.82.